The van der Waals surface area contributed by atoms with Crippen LogP contribution in [0.1, 0.15) is 32.6 Å². The van der Waals surface area contributed by atoms with Crippen molar-refractivity contribution in [3.8, 4) is 17.1 Å². The number of benzene rings is 3. The van der Waals surface area contributed by atoms with Crippen molar-refractivity contribution in [3.05, 3.63) is 125 Å². The maximum absolute atomic E-state index is 13.0. The number of aryl methyl sites for hydroxylation is 1. The van der Waals surface area contributed by atoms with Gasteiger partial charge in [-0.1, -0.05) is 53.7 Å². The molecule has 1 amide bonds. The van der Waals surface area contributed by atoms with Gasteiger partial charge in [-0.25, -0.2) is 0 Å². The van der Waals surface area contributed by atoms with Crippen molar-refractivity contribution in [1.29, 1.82) is 0 Å². The fraction of sp³-hybridized carbons (Fsp3) is 0.133. The van der Waals surface area contributed by atoms with E-state index in [2.05, 4.69) is 20.5 Å². The van der Waals surface area contributed by atoms with Gasteiger partial charge < -0.3 is 5.32 Å². The summed E-state index contributed by atoms with van der Waals surface area (Å²) in [4.78, 5) is 16.9. The average Bonchev–Trinajstić information content (AvgIpc) is 3.39. The minimum Gasteiger partial charge on any atom is -0.348 e. The molecule has 5 aromatic rings. The Balaban J connectivity index is 1.31. The standard InChI is InChI=1S/C30H24F3N5OS/c1-20-8-10-26(11-9-20)38-27(23-12-14-34-15-13-23)36-37-29(38)40-19-22-5-2-6-24(16-22)28(39)35-18-21-4-3-7-25(17-21)30(31,32)33/h2-17H,18-19H2,1H3,(H,35,39). The highest BCUT2D eigenvalue weighted by Gasteiger charge is 2.30. The Morgan fingerprint density at radius 2 is 1.62 bits per heavy atom. The molecule has 0 bridgehead atoms. The van der Waals surface area contributed by atoms with Crippen LogP contribution in [-0.2, 0) is 18.5 Å². The molecule has 0 radical (unpaired) electrons. The molecule has 0 saturated heterocycles. The van der Waals surface area contributed by atoms with E-state index in [1.807, 2.05) is 54.0 Å². The molecular formula is C30H24F3N5OS. The van der Waals surface area contributed by atoms with E-state index in [1.54, 1.807) is 36.7 Å². The third kappa shape index (κ3) is 6.40. The van der Waals surface area contributed by atoms with Crippen molar-refractivity contribution < 1.29 is 18.0 Å². The summed E-state index contributed by atoms with van der Waals surface area (Å²) in [5.41, 5.74) is 3.88. The zero-order valence-electron chi connectivity index (χ0n) is 21.4. The second-order valence-electron chi connectivity index (χ2n) is 9.08. The molecule has 0 atom stereocenters. The Morgan fingerprint density at radius 3 is 2.38 bits per heavy atom. The van der Waals surface area contributed by atoms with Crippen LogP contribution in [0.15, 0.2) is 102 Å². The highest BCUT2D eigenvalue weighted by atomic mass is 32.2. The number of hydrogen-bond acceptors (Lipinski definition) is 5. The zero-order chi connectivity index (χ0) is 28.1. The maximum atomic E-state index is 13.0. The molecule has 0 aliphatic rings. The molecule has 202 valence electrons. The first-order chi connectivity index (χ1) is 19.3. The first-order valence-electron chi connectivity index (χ1n) is 12.4. The lowest BCUT2D eigenvalue weighted by atomic mass is 10.1. The molecule has 10 heteroatoms. The van der Waals surface area contributed by atoms with Gasteiger partial charge in [-0.3, -0.25) is 14.3 Å². The van der Waals surface area contributed by atoms with Crippen LogP contribution in [0.2, 0.25) is 0 Å². The van der Waals surface area contributed by atoms with E-state index >= 15 is 0 Å². The van der Waals surface area contributed by atoms with Crippen LogP contribution in [-0.4, -0.2) is 25.7 Å². The number of halogens is 3. The smallest absolute Gasteiger partial charge is 0.348 e. The summed E-state index contributed by atoms with van der Waals surface area (Å²) in [6.07, 6.45) is -1.02. The number of amides is 1. The van der Waals surface area contributed by atoms with Crippen molar-refractivity contribution in [2.24, 2.45) is 0 Å². The number of pyridine rings is 1. The molecule has 2 heterocycles. The summed E-state index contributed by atoms with van der Waals surface area (Å²) in [5.74, 6) is 0.846. The highest BCUT2D eigenvalue weighted by Crippen LogP contribution is 2.31. The van der Waals surface area contributed by atoms with Crippen LogP contribution in [0.25, 0.3) is 17.1 Å². The molecule has 0 aliphatic carbocycles. The Kier molecular flexibility index (Phi) is 7.97. The molecule has 2 aromatic heterocycles. The van der Waals surface area contributed by atoms with Crippen LogP contribution in [0, 0.1) is 6.92 Å². The summed E-state index contributed by atoms with van der Waals surface area (Å²) in [6, 6.07) is 23.9. The van der Waals surface area contributed by atoms with Crippen molar-refractivity contribution in [1.82, 2.24) is 25.1 Å². The van der Waals surface area contributed by atoms with Gasteiger partial charge in [-0.15, -0.1) is 10.2 Å². The molecule has 0 aliphatic heterocycles. The van der Waals surface area contributed by atoms with Crippen molar-refractivity contribution in [2.45, 2.75) is 30.6 Å². The summed E-state index contributed by atoms with van der Waals surface area (Å²) in [6.45, 7) is 2.01. The summed E-state index contributed by atoms with van der Waals surface area (Å²) < 4.78 is 41.0. The molecular weight excluding hydrogens is 535 g/mol. The second kappa shape index (κ2) is 11.7. The third-order valence-electron chi connectivity index (χ3n) is 6.13. The van der Waals surface area contributed by atoms with Gasteiger partial charge in [0.2, 0.25) is 0 Å². The predicted molar refractivity (Wildman–Crippen MR) is 148 cm³/mol. The van der Waals surface area contributed by atoms with E-state index in [0.717, 1.165) is 34.5 Å². The van der Waals surface area contributed by atoms with E-state index in [4.69, 9.17) is 0 Å². The summed E-state index contributed by atoms with van der Waals surface area (Å²) in [5, 5.41) is 12.3. The van der Waals surface area contributed by atoms with Gasteiger partial charge in [-0.05, 0) is 66.6 Å². The first kappa shape index (κ1) is 27.1. The van der Waals surface area contributed by atoms with Gasteiger partial charge in [0.25, 0.3) is 5.91 Å². The number of carbonyl (C=O) groups is 1. The number of nitrogens with one attached hydrogen (secondary N) is 1. The Morgan fingerprint density at radius 1 is 0.900 bits per heavy atom. The van der Waals surface area contributed by atoms with Crippen LogP contribution < -0.4 is 5.32 Å². The fourth-order valence-electron chi connectivity index (χ4n) is 4.07. The molecule has 6 nitrogen and oxygen atoms in total. The topological polar surface area (TPSA) is 72.7 Å². The Labute approximate surface area is 233 Å². The van der Waals surface area contributed by atoms with Crippen LogP contribution >= 0.6 is 11.8 Å². The van der Waals surface area contributed by atoms with Gasteiger partial charge in [0, 0.05) is 41.5 Å². The largest absolute Gasteiger partial charge is 0.416 e. The van der Waals surface area contributed by atoms with E-state index in [-0.39, 0.29) is 12.5 Å². The molecule has 0 saturated carbocycles. The first-order valence-corrected chi connectivity index (χ1v) is 13.4. The number of rotatable bonds is 8. The van der Waals surface area contributed by atoms with Gasteiger partial charge in [0.15, 0.2) is 11.0 Å². The van der Waals surface area contributed by atoms with Crippen molar-refractivity contribution in [3.63, 3.8) is 0 Å². The molecule has 40 heavy (non-hydrogen) atoms. The molecule has 1 N–H and O–H groups in total. The van der Waals surface area contributed by atoms with Gasteiger partial charge in [-0.2, -0.15) is 13.2 Å². The third-order valence-corrected chi connectivity index (χ3v) is 7.13. The Hall–Kier alpha value is -4.44. The van der Waals surface area contributed by atoms with Crippen molar-refractivity contribution >= 4 is 17.7 Å². The van der Waals surface area contributed by atoms with Crippen LogP contribution in [0.4, 0.5) is 13.2 Å². The molecule has 0 unspecified atom stereocenters. The molecule has 3 aromatic carbocycles. The fourth-order valence-corrected chi connectivity index (χ4v) is 4.97. The van der Waals surface area contributed by atoms with Gasteiger partial charge in [0.05, 0.1) is 5.56 Å². The monoisotopic (exact) mass is 559 g/mol. The predicted octanol–water partition coefficient (Wildman–Crippen LogP) is 6.88. The number of carbonyl (C=O) groups excluding carboxylic acids is 1. The van der Waals surface area contributed by atoms with Crippen LogP contribution in [0.5, 0.6) is 0 Å². The second-order valence-corrected chi connectivity index (χ2v) is 10.0. The zero-order valence-corrected chi connectivity index (χ0v) is 22.2. The lowest BCUT2D eigenvalue weighted by Crippen LogP contribution is -2.23. The number of alkyl halides is 3. The maximum Gasteiger partial charge on any atom is 0.416 e. The number of nitrogens with zero attached hydrogens (tertiary/aromatic N) is 4. The lowest BCUT2D eigenvalue weighted by molar-refractivity contribution is -0.137. The lowest BCUT2D eigenvalue weighted by Gasteiger charge is -2.11. The minimum atomic E-state index is -4.44. The highest BCUT2D eigenvalue weighted by molar-refractivity contribution is 7.98. The van der Waals surface area contributed by atoms with Crippen molar-refractivity contribution in [2.75, 3.05) is 0 Å². The number of aromatic nitrogens is 4. The normalized spacial score (nSPS) is 11.4. The average molecular weight is 560 g/mol. The minimum absolute atomic E-state index is 0.0147. The quantitative estimate of drug-likeness (QED) is 0.210. The summed E-state index contributed by atoms with van der Waals surface area (Å²) >= 11 is 1.48. The summed E-state index contributed by atoms with van der Waals surface area (Å²) in [7, 11) is 0. The van der Waals surface area contributed by atoms with Gasteiger partial charge >= 0.3 is 6.18 Å². The van der Waals surface area contributed by atoms with Gasteiger partial charge in [0.1, 0.15) is 0 Å². The molecule has 5 rings (SSSR count). The number of hydrogen-bond donors (Lipinski definition) is 1. The van der Waals surface area contributed by atoms with E-state index in [0.29, 0.717) is 27.9 Å². The number of thioether (sulfide) groups is 1. The molecule has 0 fully saturated rings. The van der Waals surface area contributed by atoms with E-state index in [1.165, 1.54) is 17.8 Å². The Bertz CT molecular complexity index is 1620. The SMILES string of the molecule is Cc1ccc(-n2c(SCc3cccc(C(=O)NCc4cccc(C(F)(F)F)c4)c3)nnc2-c2ccncc2)cc1. The van der Waals surface area contributed by atoms with Crippen LogP contribution in [0.3, 0.4) is 0 Å². The van der Waals surface area contributed by atoms with E-state index in [9.17, 15) is 18.0 Å². The van der Waals surface area contributed by atoms with E-state index < -0.39 is 11.7 Å². The molecule has 0 spiro atoms.